The molecule has 0 aliphatic heterocycles. The molecular formula is C18H23NO2S. The van der Waals surface area contributed by atoms with E-state index in [9.17, 15) is 8.42 Å². The lowest BCUT2D eigenvalue weighted by Gasteiger charge is -2.13. The molecule has 118 valence electrons. The molecule has 0 spiro atoms. The standard InChI is InChI=1S/C18H23NO2S/c1-4-14(3)16-10-12-17(13-11-16)22(20,21)19-18-9-7-6-8-15(18)5-2/h6-14,19H,4-5H2,1-3H3. The molecule has 0 bridgehead atoms. The van der Waals surface area contributed by atoms with Gasteiger partial charge in [0.2, 0.25) is 0 Å². The summed E-state index contributed by atoms with van der Waals surface area (Å²) in [5.74, 6) is 0.436. The maximum Gasteiger partial charge on any atom is 0.261 e. The van der Waals surface area contributed by atoms with E-state index in [4.69, 9.17) is 0 Å². The minimum Gasteiger partial charge on any atom is -0.279 e. The molecule has 0 heterocycles. The van der Waals surface area contributed by atoms with Crippen LogP contribution in [0.25, 0.3) is 0 Å². The van der Waals surface area contributed by atoms with Crippen molar-refractivity contribution in [1.82, 2.24) is 0 Å². The predicted octanol–water partition coefficient (Wildman–Crippen LogP) is 4.56. The van der Waals surface area contributed by atoms with Crippen LogP contribution in [0.15, 0.2) is 53.4 Å². The van der Waals surface area contributed by atoms with Gasteiger partial charge in [0.15, 0.2) is 0 Å². The number of para-hydroxylation sites is 1. The Morgan fingerprint density at radius 1 is 1.00 bits per heavy atom. The third-order valence-corrected chi connectivity index (χ3v) is 5.40. The second kappa shape index (κ2) is 6.97. The van der Waals surface area contributed by atoms with Crippen molar-refractivity contribution in [3.05, 3.63) is 59.7 Å². The van der Waals surface area contributed by atoms with Gasteiger partial charge in [-0.2, -0.15) is 0 Å². The molecule has 0 aliphatic carbocycles. The molecule has 22 heavy (non-hydrogen) atoms. The smallest absolute Gasteiger partial charge is 0.261 e. The Morgan fingerprint density at radius 3 is 2.23 bits per heavy atom. The first-order valence-electron chi connectivity index (χ1n) is 7.68. The maximum absolute atomic E-state index is 12.5. The summed E-state index contributed by atoms with van der Waals surface area (Å²) in [5.41, 5.74) is 2.80. The molecule has 0 saturated heterocycles. The van der Waals surface area contributed by atoms with Crippen LogP contribution in [0, 0.1) is 0 Å². The highest BCUT2D eigenvalue weighted by molar-refractivity contribution is 7.92. The summed E-state index contributed by atoms with van der Waals surface area (Å²) in [4.78, 5) is 0.297. The third kappa shape index (κ3) is 3.69. The van der Waals surface area contributed by atoms with Gasteiger partial charge >= 0.3 is 0 Å². The van der Waals surface area contributed by atoms with Gasteiger partial charge < -0.3 is 0 Å². The fraction of sp³-hybridized carbons (Fsp3) is 0.333. The molecule has 1 N–H and O–H groups in total. The Kier molecular flexibility index (Phi) is 5.24. The summed E-state index contributed by atoms with van der Waals surface area (Å²) in [6.07, 6.45) is 1.82. The van der Waals surface area contributed by atoms with Crippen molar-refractivity contribution in [3.63, 3.8) is 0 Å². The molecule has 2 rings (SSSR count). The number of hydrogen-bond donors (Lipinski definition) is 1. The average molecular weight is 317 g/mol. The lowest BCUT2D eigenvalue weighted by atomic mass is 9.99. The topological polar surface area (TPSA) is 46.2 Å². The van der Waals surface area contributed by atoms with Gasteiger partial charge in [0.05, 0.1) is 10.6 Å². The lowest BCUT2D eigenvalue weighted by Crippen LogP contribution is -2.14. The van der Waals surface area contributed by atoms with Crippen molar-refractivity contribution >= 4 is 15.7 Å². The Balaban J connectivity index is 2.27. The summed E-state index contributed by atoms with van der Waals surface area (Å²) in [6, 6.07) is 14.6. The van der Waals surface area contributed by atoms with Crippen LogP contribution in [-0.4, -0.2) is 8.42 Å². The number of anilines is 1. The van der Waals surface area contributed by atoms with E-state index in [0.29, 0.717) is 16.5 Å². The third-order valence-electron chi connectivity index (χ3n) is 4.01. The molecule has 4 heteroatoms. The van der Waals surface area contributed by atoms with Crippen LogP contribution in [0.5, 0.6) is 0 Å². The van der Waals surface area contributed by atoms with Gasteiger partial charge in [-0.3, -0.25) is 4.72 Å². The van der Waals surface area contributed by atoms with E-state index in [-0.39, 0.29) is 0 Å². The molecular weight excluding hydrogens is 294 g/mol. The van der Waals surface area contributed by atoms with Crippen LogP contribution >= 0.6 is 0 Å². The van der Waals surface area contributed by atoms with Gasteiger partial charge in [0, 0.05) is 0 Å². The van der Waals surface area contributed by atoms with Crippen LogP contribution in [0.4, 0.5) is 5.69 Å². The highest BCUT2D eigenvalue weighted by atomic mass is 32.2. The number of aryl methyl sites for hydroxylation is 1. The molecule has 1 unspecified atom stereocenters. The van der Waals surface area contributed by atoms with E-state index in [0.717, 1.165) is 24.0 Å². The van der Waals surface area contributed by atoms with E-state index in [2.05, 4.69) is 18.6 Å². The monoisotopic (exact) mass is 317 g/mol. The molecule has 2 aromatic carbocycles. The SMILES string of the molecule is CCc1ccccc1NS(=O)(=O)c1ccc(C(C)CC)cc1. The van der Waals surface area contributed by atoms with Crippen molar-refractivity contribution in [3.8, 4) is 0 Å². The first-order valence-corrected chi connectivity index (χ1v) is 9.17. The Bertz CT molecular complexity index is 721. The quantitative estimate of drug-likeness (QED) is 0.848. The summed E-state index contributed by atoms with van der Waals surface area (Å²) in [5, 5.41) is 0. The Labute approximate surface area is 133 Å². The molecule has 2 aromatic rings. The van der Waals surface area contributed by atoms with Gasteiger partial charge in [0.25, 0.3) is 10.0 Å². The van der Waals surface area contributed by atoms with Crippen molar-refractivity contribution < 1.29 is 8.42 Å². The van der Waals surface area contributed by atoms with Crippen LogP contribution in [-0.2, 0) is 16.4 Å². The lowest BCUT2D eigenvalue weighted by molar-refractivity contribution is 0.601. The van der Waals surface area contributed by atoms with Crippen molar-refractivity contribution in [1.29, 1.82) is 0 Å². The largest absolute Gasteiger partial charge is 0.279 e. The van der Waals surface area contributed by atoms with E-state index >= 15 is 0 Å². The van der Waals surface area contributed by atoms with Crippen molar-refractivity contribution in [2.45, 2.75) is 44.4 Å². The van der Waals surface area contributed by atoms with E-state index in [1.807, 2.05) is 37.3 Å². The van der Waals surface area contributed by atoms with Crippen LogP contribution in [0.1, 0.15) is 44.2 Å². The Hall–Kier alpha value is -1.81. The number of sulfonamides is 1. The molecule has 1 atom stereocenters. The number of rotatable bonds is 6. The number of hydrogen-bond acceptors (Lipinski definition) is 2. The van der Waals surface area contributed by atoms with Gasteiger partial charge in [0.1, 0.15) is 0 Å². The highest BCUT2D eigenvalue weighted by Gasteiger charge is 2.16. The predicted molar refractivity (Wildman–Crippen MR) is 91.8 cm³/mol. The summed E-state index contributed by atoms with van der Waals surface area (Å²) in [7, 11) is -3.55. The van der Waals surface area contributed by atoms with Gasteiger partial charge in [-0.15, -0.1) is 0 Å². The zero-order chi connectivity index (χ0) is 16.2. The summed E-state index contributed by atoms with van der Waals surface area (Å²) in [6.45, 7) is 6.27. The first kappa shape index (κ1) is 16.6. The van der Waals surface area contributed by atoms with Crippen LogP contribution < -0.4 is 4.72 Å². The zero-order valence-corrected chi connectivity index (χ0v) is 14.2. The van der Waals surface area contributed by atoms with E-state index < -0.39 is 10.0 Å². The minimum atomic E-state index is -3.55. The number of nitrogens with one attached hydrogen (secondary N) is 1. The van der Waals surface area contributed by atoms with E-state index in [1.54, 1.807) is 18.2 Å². The molecule has 3 nitrogen and oxygen atoms in total. The summed E-state index contributed by atoms with van der Waals surface area (Å²) < 4.78 is 27.7. The fourth-order valence-corrected chi connectivity index (χ4v) is 3.44. The first-order chi connectivity index (χ1) is 10.5. The number of benzene rings is 2. The van der Waals surface area contributed by atoms with Crippen LogP contribution in [0.2, 0.25) is 0 Å². The van der Waals surface area contributed by atoms with Gasteiger partial charge in [-0.1, -0.05) is 51.1 Å². The molecule has 0 aromatic heterocycles. The van der Waals surface area contributed by atoms with Crippen molar-refractivity contribution in [2.24, 2.45) is 0 Å². The Morgan fingerprint density at radius 2 is 1.64 bits per heavy atom. The average Bonchev–Trinajstić information content (AvgIpc) is 2.54. The highest BCUT2D eigenvalue weighted by Crippen LogP contribution is 2.23. The second-order valence-corrected chi connectivity index (χ2v) is 7.18. The van der Waals surface area contributed by atoms with Crippen molar-refractivity contribution in [2.75, 3.05) is 4.72 Å². The van der Waals surface area contributed by atoms with Crippen LogP contribution in [0.3, 0.4) is 0 Å². The molecule has 0 saturated carbocycles. The fourth-order valence-electron chi connectivity index (χ4n) is 2.34. The van der Waals surface area contributed by atoms with Gasteiger partial charge in [-0.25, -0.2) is 8.42 Å². The maximum atomic E-state index is 12.5. The second-order valence-electron chi connectivity index (χ2n) is 5.49. The molecule has 0 fully saturated rings. The van der Waals surface area contributed by atoms with Gasteiger partial charge in [-0.05, 0) is 48.1 Å². The zero-order valence-electron chi connectivity index (χ0n) is 13.3. The molecule has 0 amide bonds. The summed E-state index contributed by atoms with van der Waals surface area (Å²) >= 11 is 0. The molecule has 0 aliphatic rings. The normalized spacial score (nSPS) is 12.9. The minimum absolute atomic E-state index is 0.297. The van der Waals surface area contributed by atoms with E-state index in [1.165, 1.54) is 0 Å². The molecule has 0 radical (unpaired) electrons.